The lowest BCUT2D eigenvalue weighted by Crippen LogP contribution is -2.14. The van der Waals surface area contributed by atoms with Gasteiger partial charge in [0.2, 0.25) is 0 Å². The third kappa shape index (κ3) is 4.57. The summed E-state index contributed by atoms with van der Waals surface area (Å²) in [6.45, 7) is 3.57. The summed E-state index contributed by atoms with van der Waals surface area (Å²) < 4.78 is 10.2. The maximum absolute atomic E-state index is 12.2. The molecule has 120 valence electrons. The molecule has 1 N–H and O–H groups in total. The summed E-state index contributed by atoms with van der Waals surface area (Å²) in [7, 11) is 1.57. The number of hydrogen-bond acceptors (Lipinski definition) is 4. The first-order chi connectivity index (χ1) is 11.0. The van der Waals surface area contributed by atoms with Crippen LogP contribution in [0.3, 0.4) is 0 Å². The molecule has 5 nitrogen and oxygen atoms in total. The normalized spacial score (nSPS) is 10.3. The Morgan fingerprint density at radius 3 is 2.30 bits per heavy atom. The third-order valence-electron chi connectivity index (χ3n) is 3.05. The average Bonchev–Trinajstić information content (AvgIpc) is 2.54. The average molecular weight is 313 g/mol. The number of amides is 1. The molecule has 2 aromatic rings. The van der Waals surface area contributed by atoms with Gasteiger partial charge in [-0.15, -0.1) is 0 Å². The van der Waals surface area contributed by atoms with Gasteiger partial charge in [-0.25, -0.2) is 4.79 Å². The number of ether oxygens (including phenoxy) is 2. The van der Waals surface area contributed by atoms with Gasteiger partial charge in [0.05, 0.1) is 18.8 Å². The van der Waals surface area contributed by atoms with Crippen LogP contribution in [0.15, 0.2) is 48.5 Å². The molecule has 0 heterocycles. The molecule has 23 heavy (non-hydrogen) atoms. The molecule has 1 amide bonds. The van der Waals surface area contributed by atoms with Crippen LogP contribution in [0, 0.1) is 0 Å². The molecule has 0 aliphatic heterocycles. The number of nitrogens with one attached hydrogen (secondary N) is 1. The second kappa shape index (κ2) is 7.45. The Balaban J connectivity index is 2.10. The summed E-state index contributed by atoms with van der Waals surface area (Å²) in [5.41, 5.74) is 1.43. The van der Waals surface area contributed by atoms with Crippen molar-refractivity contribution in [1.82, 2.24) is 0 Å². The van der Waals surface area contributed by atoms with E-state index in [1.54, 1.807) is 69.5 Å². The third-order valence-corrected chi connectivity index (χ3v) is 3.05. The van der Waals surface area contributed by atoms with E-state index in [9.17, 15) is 9.59 Å². The Morgan fingerprint density at radius 1 is 1.00 bits per heavy atom. The Kier molecular flexibility index (Phi) is 5.36. The van der Waals surface area contributed by atoms with Crippen LogP contribution in [0.1, 0.15) is 34.6 Å². The van der Waals surface area contributed by atoms with Crippen molar-refractivity contribution in [3.05, 3.63) is 59.7 Å². The summed E-state index contributed by atoms with van der Waals surface area (Å²) >= 11 is 0. The van der Waals surface area contributed by atoms with E-state index < -0.39 is 5.97 Å². The highest BCUT2D eigenvalue weighted by atomic mass is 16.5. The van der Waals surface area contributed by atoms with Crippen LogP contribution in [0.2, 0.25) is 0 Å². The zero-order valence-corrected chi connectivity index (χ0v) is 13.3. The van der Waals surface area contributed by atoms with Gasteiger partial charge in [0.25, 0.3) is 5.91 Å². The number of carbonyl (C=O) groups excluding carboxylic acids is 2. The largest absolute Gasteiger partial charge is 0.497 e. The van der Waals surface area contributed by atoms with Gasteiger partial charge in [-0.05, 0) is 56.3 Å². The monoisotopic (exact) mass is 313 g/mol. The van der Waals surface area contributed by atoms with Crippen molar-refractivity contribution in [3.8, 4) is 5.75 Å². The number of benzene rings is 2. The minimum atomic E-state index is -0.416. The number of rotatable bonds is 5. The molecule has 0 saturated carbocycles. The fraction of sp³-hybridized carbons (Fsp3) is 0.222. The predicted molar refractivity (Wildman–Crippen MR) is 87.9 cm³/mol. The molecule has 2 aromatic carbocycles. The van der Waals surface area contributed by atoms with E-state index in [0.717, 1.165) is 0 Å². The van der Waals surface area contributed by atoms with E-state index in [1.807, 2.05) is 0 Å². The maximum atomic E-state index is 12.2. The second-order valence-electron chi connectivity index (χ2n) is 5.22. The van der Waals surface area contributed by atoms with Crippen LogP contribution in [0.25, 0.3) is 0 Å². The van der Waals surface area contributed by atoms with Gasteiger partial charge in [-0.3, -0.25) is 4.79 Å². The van der Waals surface area contributed by atoms with Crippen molar-refractivity contribution >= 4 is 17.6 Å². The van der Waals surface area contributed by atoms with Crippen LogP contribution in [-0.2, 0) is 4.74 Å². The van der Waals surface area contributed by atoms with E-state index in [0.29, 0.717) is 22.6 Å². The van der Waals surface area contributed by atoms with Gasteiger partial charge in [-0.1, -0.05) is 6.07 Å². The van der Waals surface area contributed by atoms with E-state index in [1.165, 1.54) is 0 Å². The van der Waals surface area contributed by atoms with Crippen LogP contribution in [-0.4, -0.2) is 25.1 Å². The first kappa shape index (κ1) is 16.5. The fourth-order valence-electron chi connectivity index (χ4n) is 1.95. The summed E-state index contributed by atoms with van der Waals surface area (Å²) in [6, 6.07) is 13.4. The van der Waals surface area contributed by atoms with Gasteiger partial charge < -0.3 is 14.8 Å². The van der Waals surface area contributed by atoms with Gasteiger partial charge in [-0.2, -0.15) is 0 Å². The number of esters is 1. The lowest BCUT2D eigenvalue weighted by Gasteiger charge is -2.10. The Bertz CT molecular complexity index is 692. The molecule has 5 heteroatoms. The van der Waals surface area contributed by atoms with E-state index in [-0.39, 0.29) is 12.0 Å². The second-order valence-corrected chi connectivity index (χ2v) is 5.22. The molecule has 2 rings (SSSR count). The van der Waals surface area contributed by atoms with Crippen LogP contribution in [0.5, 0.6) is 5.75 Å². The summed E-state index contributed by atoms with van der Waals surface area (Å²) in [5.74, 6) is 0.00237. The van der Waals surface area contributed by atoms with E-state index in [2.05, 4.69) is 5.32 Å². The van der Waals surface area contributed by atoms with Crippen molar-refractivity contribution in [1.29, 1.82) is 0 Å². The first-order valence-electron chi connectivity index (χ1n) is 7.26. The summed E-state index contributed by atoms with van der Waals surface area (Å²) in [6.07, 6.45) is -0.194. The van der Waals surface area contributed by atoms with Gasteiger partial charge in [0.1, 0.15) is 5.75 Å². The Morgan fingerprint density at radius 2 is 1.70 bits per heavy atom. The van der Waals surface area contributed by atoms with Crippen molar-refractivity contribution < 1.29 is 19.1 Å². The zero-order valence-electron chi connectivity index (χ0n) is 13.3. The molecule has 0 radical (unpaired) electrons. The highest BCUT2D eigenvalue weighted by Crippen LogP contribution is 2.16. The quantitative estimate of drug-likeness (QED) is 0.858. The number of hydrogen-bond donors (Lipinski definition) is 1. The lowest BCUT2D eigenvalue weighted by molar-refractivity contribution is 0.0378. The predicted octanol–water partition coefficient (Wildman–Crippen LogP) is 3.51. The topological polar surface area (TPSA) is 64.6 Å². The molecule has 0 fully saturated rings. The number of carbonyl (C=O) groups is 2. The maximum Gasteiger partial charge on any atom is 0.338 e. The first-order valence-corrected chi connectivity index (χ1v) is 7.26. The van der Waals surface area contributed by atoms with Crippen molar-refractivity contribution in [2.24, 2.45) is 0 Å². The van der Waals surface area contributed by atoms with Crippen molar-refractivity contribution in [3.63, 3.8) is 0 Å². The van der Waals surface area contributed by atoms with Crippen LogP contribution < -0.4 is 10.1 Å². The molecule has 0 aliphatic carbocycles. The zero-order chi connectivity index (χ0) is 16.8. The minimum Gasteiger partial charge on any atom is -0.497 e. The van der Waals surface area contributed by atoms with Gasteiger partial charge >= 0.3 is 5.97 Å². The molecular weight excluding hydrogens is 294 g/mol. The molecule has 0 spiro atoms. The minimum absolute atomic E-state index is 0.194. The van der Waals surface area contributed by atoms with Crippen molar-refractivity contribution in [2.45, 2.75) is 20.0 Å². The SMILES string of the molecule is COc1ccc(C(=O)Nc2cccc(C(=O)OC(C)C)c2)cc1. The van der Waals surface area contributed by atoms with Gasteiger partial charge in [0.15, 0.2) is 0 Å². The van der Waals surface area contributed by atoms with Crippen LogP contribution >= 0.6 is 0 Å². The smallest absolute Gasteiger partial charge is 0.338 e. The molecule has 0 saturated heterocycles. The molecule has 0 unspecified atom stereocenters. The van der Waals surface area contributed by atoms with E-state index >= 15 is 0 Å². The molecule has 0 bridgehead atoms. The fourth-order valence-corrected chi connectivity index (χ4v) is 1.95. The number of methoxy groups -OCH3 is 1. The van der Waals surface area contributed by atoms with Gasteiger partial charge in [0, 0.05) is 11.3 Å². The highest BCUT2D eigenvalue weighted by molar-refractivity contribution is 6.04. The highest BCUT2D eigenvalue weighted by Gasteiger charge is 2.11. The molecule has 0 atom stereocenters. The standard InChI is InChI=1S/C18H19NO4/c1-12(2)23-18(21)14-5-4-6-15(11-14)19-17(20)13-7-9-16(22-3)10-8-13/h4-12H,1-3H3,(H,19,20). The molecule has 0 aliphatic rings. The lowest BCUT2D eigenvalue weighted by atomic mass is 10.1. The Hall–Kier alpha value is -2.82. The number of anilines is 1. The van der Waals surface area contributed by atoms with Crippen LogP contribution in [0.4, 0.5) is 5.69 Å². The summed E-state index contributed by atoms with van der Waals surface area (Å²) in [5, 5.41) is 2.76. The van der Waals surface area contributed by atoms with Crippen molar-refractivity contribution in [2.75, 3.05) is 12.4 Å². The molecule has 0 aromatic heterocycles. The van der Waals surface area contributed by atoms with E-state index in [4.69, 9.17) is 9.47 Å². The summed E-state index contributed by atoms with van der Waals surface area (Å²) in [4.78, 5) is 24.1. The Labute approximate surface area is 135 Å². The molecular formula is C18H19NO4.